The highest BCUT2D eigenvalue weighted by Crippen LogP contribution is 2.29. The molecule has 0 radical (unpaired) electrons. The second-order valence-electron chi connectivity index (χ2n) is 6.66. The first-order valence-electron chi connectivity index (χ1n) is 8.86. The second kappa shape index (κ2) is 7.87. The number of aryl methyl sites for hydroxylation is 2. The Morgan fingerprint density at radius 1 is 1.23 bits per heavy atom. The van der Waals surface area contributed by atoms with Crippen LogP contribution in [0.4, 0.5) is 5.13 Å². The van der Waals surface area contributed by atoms with Crippen LogP contribution < -0.4 is 10.1 Å². The Bertz CT molecular complexity index is 916. The van der Waals surface area contributed by atoms with Crippen LogP contribution in [0.15, 0.2) is 36.4 Å². The molecule has 4 nitrogen and oxygen atoms in total. The number of hydrogen-bond donors (Lipinski definition) is 1. The summed E-state index contributed by atoms with van der Waals surface area (Å²) in [4.78, 5) is 16.7. The Morgan fingerprint density at radius 3 is 2.65 bits per heavy atom. The highest BCUT2D eigenvalue weighted by Gasteiger charge is 2.11. The third-order valence-corrected chi connectivity index (χ3v) is 5.43. The number of fused-ring (bicyclic) bond motifs is 1. The van der Waals surface area contributed by atoms with Crippen LogP contribution in [0.25, 0.3) is 10.2 Å². The Kier molecular flexibility index (Phi) is 5.57. The van der Waals surface area contributed by atoms with Crippen molar-refractivity contribution in [1.82, 2.24) is 4.98 Å². The summed E-state index contributed by atoms with van der Waals surface area (Å²) in [5, 5.41) is 3.44. The minimum Gasteiger partial charge on any atom is -0.484 e. The van der Waals surface area contributed by atoms with E-state index in [2.05, 4.69) is 55.3 Å². The summed E-state index contributed by atoms with van der Waals surface area (Å²) in [5.41, 5.74) is 4.54. The molecule has 0 saturated heterocycles. The van der Waals surface area contributed by atoms with Gasteiger partial charge in [0.25, 0.3) is 5.91 Å². The first-order chi connectivity index (χ1) is 12.5. The van der Waals surface area contributed by atoms with Crippen LogP contribution in [0.5, 0.6) is 5.75 Å². The molecule has 5 heteroatoms. The summed E-state index contributed by atoms with van der Waals surface area (Å²) >= 11 is 1.48. The lowest BCUT2D eigenvalue weighted by molar-refractivity contribution is -0.118. The molecule has 1 atom stereocenters. The third kappa shape index (κ3) is 4.22. The van der Waals surface area contributed by atoms with Crippen molar-refractivity contribution in [2.24, 2.45) is 0 Å². The van der Waals surface area contributed by atoms with Gasteiger partial charge in [-0.2, -0.15) is 0 Å². The number of nitrogens with one attached hydrogen (secondary N) is 1. The molecule has 0 aliphatic rings. The number of hydrogen-bond acceptors (Lipinski definition) is 4. The van der Waals surface area contributed by atoms with Gasteiger partial charge >= 0.3 is 0 Å². The Balaban J connectivity index is 1.60. The summed E-state index contributed by atoms with van der Waals surface area (Å²) in [5.74, 6) is 1.02. The van der Waals surface area contributed by atoms with Crippen LogP contribution in [0.3, 0.4) is 0 Å². The van der Waals surface area contributed by atoms with E-state index in [-0.39, 0.29) is 12.5 Å². The van der Waals surface area contributed by atoms with Crippen molar-refractivity contribution < 1.29 is 9.53 Å². The van der Waals surface area contributed by atoms with Gasteiger partial charge in [-0.25, -0.2) is 4.98 Å². The molecule has 1 heterocycles. The number of ether oxygens (including phenoxy) is 1. The molecule has 0 aliphatic carbocycles. The summed E-state index contributed by atoms with van der Waals surface area (Å²) < 4.78 is 6.67. The number of thiazole rings is 1. The normalized spacial score (nSPS) is 12.2. The molecule has 0 fully saturated rings. The fraction of sp³-hybridized carbons (Fsp3) is 0.333. The first-order valence-corrected chi connectivity index (χ1v) is 9.68. The van der Waals surface area contributed by atoms with Crippen LogP contribution in [0.1, 0.15) is 42.9 Å². The Labute approximate surface area is 158 Å². The van der Waals surface area contributed by atoms with Gasteiger partial charge in [-0.3, -0.25) is 10.1 Å². The highest BCUT2D eigenvalue weighted by atomic mass is 32.1. The van der Waals surface area contributed by atoms with Crippen LogP contribution >= 0.6 is 11.3 Å². The summed E-state index contributed by atoms with van der Waals surface area (Å²) in [6, 6.07) is 12.1. The van der Waals surface area contributed by atoms with Gasteiger partial charge in [0, 0.05) is 0 Å². The van der Waals surface area contributed by atoms with E-state index < -0.39 is 0 Å². The van der Waals surface area contributed by atoms with Crippen molar-refractivity contribution in [3.05, 3.63) is 53.1 Å². The van der Waals surface area contributed by atoms with Crippen molar-refractivity contribution in [1.29, 1.82) is 0 Å². The summed E-state index contributed by atoms with van der Waals surface area (Å²) in [6.07, 6.45) is 1.10. The average molecular weight is 369 g/mol. The van der Waals surface area contributed by atoms with E-state index in [9.17, 15) is 4.79 Å². The van der Waals surface area contributed by atoms with Gasteiger partial charge in [-0.15, -0.1) is 0 Å². The minimum atomic E-state index is -0.204. The number of carbonyl (C=O) groups excluding carboxylic acids is 1. The Morgan fingerprint density at radius 2 is 1.96 bits per heavy atom. The molecule has 1 unspecified atom stereocenters. The molecule has 0 aliphatic heterocycles. The molecule has 3 aromatic rings. The molecule has 1 aromatic heterocycles. The molecule has 26 heavy (non-hydrogen) atoms. The van der Waals surface area contributed by atoms with Crippen molar-refractivity contribution in [3.63, 3.8) is 0 Å². The summed E-state index contributed by atoms with van der Waals surface area (Å²) in [7, 11) is 0. The molecule has 1 amide bonds. The van der Waals surface area contributed by atoms with Gasteiger partial charge in [-0.1, -0.05) is 43.4 Å². The molecular formula is C21H24N2O2S. The molecule has 0 spiro atoms. The lowest BCUT2D eigenvalue weighted by Crippen LogP contribution is -2.20. The highest BCUT2D eigenvalue weighted by molar-refractivity contribution is 7.22. The van der Waals surface area contributed by atoms with Gasteiger partial charge in [0.2, 0.25) is 0 Å². The maximum atomic E-state index is 12.2. The number of nitrogens with zero attached hydrogens (tertiary/aromatic N) is 1. The maximum Gasteiger partial charge on any atom is 0.264 e. The lowest BCUT2D eigenvalue weighted by Gasteiger charge is -2.10. The van der Waals surface area contributed by atoms with E-state index in [4.69, 9.17) is 4.74 Å². The van der Waals surface area contributed by atoms with Crippen LogP contribution in [0.2, 0.25) is 0 Å². The van der Waals surface area contributed by atoms with E-state index in [1.165, 1.54) is 22.5 Å². The van der Waals surface area contributed by atoms with E-state index >= 15 is 0 Å². The average Bonchev–Trinajstić information content (AvgIpc) is 3.02. The maximum absolute atomic E-state index is 12.2. The number of aromatic nitrogens is 1. The second-order valence-corrected chi connectivity index (χ2v) is 7.69. The molecule has 136 valence electrons. The number of anilines is 1. The van der Waals surface area contributed by atoms with Gasteiger partial charge in [0.05, 0.1) is 10.2 Å². The van der Waals surface area contributed by atoms with E-state index in [1.54, 1.807) is 0 Å². The smallest absolute Gasteiger partial charge is 0.264 e. The molecule has 3 rings (SSSR count). The van der Waals surface area contributed by atoms with Crippen LogP contribution in [0, 0.1) is 13.8 Å². The number of benzene rings is 2. The zero-order valence-electron chi connectivity index (χ0n) is 15.6. The molecular weight excluding hydrogens is 344 g/mol. The first kappa shape index (κ1) is 18.4. The standard InChI is InChI=1S/C21H24N2O2S/c1-5-14(3)16-6-8-17(9-7-16)25-12-19(24)22-21-23-20-15(4)10-13(2)11-18(20)26-21/h6-11,14H,5,12H2,1-4H3,(H,22,23,24). The van der Waals surface area contributed by atoms with E-state index in [0.29, 0.717) is 16.8 Å². The zero-order chi connectivity index (χ0) is 18.7. The van der Waals surface area contributed by atoms with E-state index in [1.807, 2.05) is 19.1 Å². The number of rotatable bonds is 6. The van der Waals surface area contributed by atoms with Crippen molar-refractivity contribution in [2.75, 3.05) is 11.9 Å². The monoisotopic (exact) mass is 368 g/mol. The lowest BCUT2D eigenvalue weighted by atomic mass is 9.99. The SMILES string of the molecule is CCC(C)c1ccc(OCC(=O)Nc2nc3c(C)cc(C)cc3s2)cc1. The van der Waals surface area contributed by atoms with Gasteiger partial charge in [-0.05, 0) is 61.1 Å². The molecule has 1 N–H and O–H groups in total. The van der Waals surface area contributed by atoms with Crippen molar-refractivity contribution in [2.45, 2.75) is 40.0 Å². The van der Waals surface area contributed by atoms with Crippen molar-refractivity contribution in [3.8, 4) is 5.75 Å². The topological polar surface area (TPSA) is 51.2 Å². The van der Waals surface area contributed by atoms with Crippen molar-refractivity contribution >= 4 is 32.6 Å². The predicted octanol–water partition coefficient (Wildman–Crippen LogP) is 5.44. The van der Waals surface area contributed by atoms with Crippen LogP contribution in [-0.2, 0) is 4.79 Å². The Hall–Kier alpha value is -2.40. The van der Waals surface area contributed by atoms with E-state index in [0.717, 1.165) is 22.2 Å². The molecule has 0 saturated carbocycles. The largest absolute Gasteiger partial charge is 0.484 e. The van der Waals surface area contributed by atoms with Gasteiger partial charge < -0.3 is 4.74 Å². The molecule has 0 bridgehead atoms. The minimum absolute atomic E-state index is 0.0311. The zero-order valence-corrected chi connectivity index (χ0v) is 16.4. The fourth-order valence-electron chi connectivity index (χ4n) is 2.86. The quantitative estimate of drug-likeness (QED) is 0.630. The fourth-order valence-corrected chi connectivity index (χ4v) is 3.91. The predicted molar refractivity (Wildman–Crippen MR) is 108 cm³/mol. The molecule has 2 aromatic carbocycles. The van der Waals surface area contributed by atoms with Gasteiger partial charge in [0.1, 0.15) is 5.75 Å². The number of carbonyl (C=O) groups is 1. The van der Waals surface area contributed by atoms with Gasteiger partial charge in [0.15, 0.2) is 11.7 Å². The third-order valence-electron chi connectivity index (χ3n) is 4.51. The number of amides is 1. The van der Waals surface area contributed by atoms with Crippen LogP contribution in [-0.4, -0.2) is 17.5 Å². The summed E-state index contributed by atoms with van der Waals surface area (Å²) in [6.45, 7) is 8.43.